The lowest BCUT2D eigenvalue weighted by atomic mass is 9.47. The first-order chi connectivity index (χ1) is 23.1. The third kappa shape index (κ3) is 9.50. The summed E-state index contributed by atoms with van der Waals surface area (Å²) in [5.41, 5.74) is 8.08. The van der Waals surface area contributed by atoms with Gasteiger partial charge in [0.15, 0.2) is 0 Å². The number of aliphatic hydroxyl groups excluding tert-OH is 1. The number of hydrogen-bond acceptors (Lipinski definition) is 2. The van der Waals surface area contributed by atoms with E-state index in [1.165, 1.54) is 93.8 Å². The molecule has 5 rings (SSSR count). The van der Waals surface area contributed by atoms with Gasteiger partial charge in [0.2, 0.25) is 0 Å². The maximum atomic E-state index is 10.3. The topological polar surface area (TPSA) is 37.3 Å². The molecule has 0 aromatic heterocycles. The normalized spacial score (nSPS) is 35.4. The van der Waals surface area contributed by atoms with Gasteiger partial charge < -0.3 is 5.11 Å². The molecule has 0 amide bonds. The van der Waals surface area contributed by atoms with E-state index in [2.05, 4.69) is 86.6 Å². The van der Waals surface area contributed by atoms with Crippen LogP contribution in [0.25, 0.3) is 0 Å². The van der Waals surface area contributed by atoms with Crippen molar-refractivity contribution in [2.45, 2.75) is 165 Å². The van der Waals surface area contributed by atoms with E-state index < -0.39 is 0 Å². The molecule has 0 aromatic carbocycles. The van der Waals surface area contributed by atoms with E-state index >= 15 is 0 Å². The van der Waals surface area contributed by atoms with Gasteiger partial charge >= 0.3 is 0 Å². The lowest BCUT2D eigenvalue weighted by molar-refractivity contribution is -0.104. The number of rotatable bonds is 10. The van der Waals surface area contributed by atoms with Crippen LogP contribution in [0.15, 0.2) is 70.4 Å². The van der Waals surface area contributed by atoms with E-state index in [0.29, 0.717) is 10.8 Å². The number of aliphatic hydroxyl groups is 1. The number of allylic oxidation sites excluding steroid dienone is 11. The fraction of sp³-hybridized carbons (Fsp3) is 0.723. The summed E-state index contributed by atoms with van der Waals surface area (Å²) < 4.78 is 0. The molecule has 274 valence electrons. The first kappa shape index (κ1) is 39.8. The molecule has 0 bridgehead atoms. The van der Waals surface area contributed by atoms with Crippen LogP contribution in [0, 0.1) is 51.8 Å². The van der Waals surface area contributed by atoms with Crippen molar-refractivity contribution in [2.75, 3.05) is 0 Å². The highest BCUT2D eigenvalue weighted by molar-refractivity contribution is 5.67. The van der Waals surface area contributed by atoms with Crippen LogP contribution in [0.5, 0.6) is 0 Å². The molecule has 0 heterocycles. The molecule has 0 radical (unpaired) electrons. The highest BCUT2D eigenvalue weighted by Crippen LogP contribution is 2.67. The van der Waals surface area contributed by atoms with Gasteiger partial charge in [-0.2, -0.15) is 0 Å². The van der Waals surface area contributed by atoms with Crippen molar-refractivity contribution < 1.29 is 9.90 Å². The van der Waals surface area contributed by atoms with Crippen LogP contribution in [0.3, 0.4) is 0 Å². The summed E-state index contributed by atoms with van der Waals surface area (Å²) >= 11 is 0. The van der Waals surface area contributed by atoms with Crippen LogP contribution in [-0.4, -0.2) is 17.5 Å². The van der Waals surface area contributed by atoms with Crippen molar-refractivity contribution >= 4 is 6.29 Å². The Kier molecular flexibility index (Phi) is 13.9. The Hall–Kier alpha value is -1.93. The molecule has 8 atom stereocenters. The highest BCUT2D eigenvalue weighted by atomic mass is 16.3. The smallest absolute Gasteiger partial charge is 0.143 e. The summed E-state index contributed by atoms with van der Waals surface area (Å²) in [5, 5.41) is 10.2. The van der Waals surface area contributed by atoms with Crippen molar-refractivity contribution in [3.8, 4) is 0 Å². The maximum Gasteiger partial charge on any atom is 0.143 e. The Morgan fingerprint density at radius 1 is 0.918 bits per heavy atom. The second kappa shape index (κ2) is 17.1. The zero-order valence-corrected chi connectivity index (χ0v) is 33.4. The van der Waals surface area contributed by atoms with Gasteiger partial charge in [0.25, 0.3) is 0 Å². The molecule has 1 N–H and O–H groups in total. The molecule has 2 heteroatoms. The first-order valence-corrected chi connectivity index (χ1v) is 20.3. The van der Waals surface area contributed by atoms with Gasteiger partial charge in [-0.1, -0.05) is 121 Å². The molecule has 0 unspecified atom stereocenters. The number of carbonyl (C=O) groups excluding carboxylic acids is 1. The molecular weight excluding hydrogens is 597 g/mol. The van der Waals surface area contributed by atoms with Gasteiger partial charge in [-0.25, -0.2) is 0 Å². The molecule has 3 fully saturated rings. The van der Waals surface area contributed by atoms with E-state index in [1.54, 1.807) is 11.6 Å². The van der Waals surface area contributed by atoms with Crippen molar-refractivity contribution in [3.63, 3.8) is 0 Å². The van der Waals surface area contributed by atoms with Crippen LogP contribution < -0.4 is 0 Å². The second-order valence-corrected chi connectivity index (χ2v) is 18.8. The van der Waals surface area contributed by atoms with Crippen LogP contribution in [0.1, 0.15) is 159 Å². The quantitative estimate of drug-likeness (QED) is 0.109. The third-order valence-corrected chi connectivity index (χ3v) is 14.4. The van der Waals surface area contributed by atoms with Gasteiger partial charge in [-0.15, -0.1) is 0 Å². The van der Waals surface area contributed by atoms with E-state index in [1.807, 2.05) is 19.1 Å². The summed E-state index contributed by atoms with van der Waals surface area (Å²) in [6.45, 7) is 23.5. The van der Waals surface area contributed by atoms with E-state index in [-0.39, 0.29) is 11.5 Å². The molecule has 0 saturated heterocycles. The molecule has 0 spiro atoms. The standard InChI is InChI=1S/C27H46O.C20H28O/c1-18(2)7-6-8-19(3)23-11-12-24-22-10-9-20-17-21(28)13-15-26(20,4)25(22)14-16-27(23,24)5;1-16(8-6-9-17(2)13-15-21)11-12-19-18(3)10-7-14-20(19,4)5/h9,18-19,21-25,28H,6-8,10-17H2,1-5H3;6,8-9,11-13,15H,7,10,14H2,1-5H3/b;9-6+,12-11+,16-8+,17-13+/t19-,21+,22+,23-,24+,25+,26+,27-;/m1./s1. The van der Waals surface area contributed by atoms with E-state index in [9.17, 15) is 9.90 Å². The monoisotopic (exact) mass is 671 g/mol. The van der Waals surface area contributed by atoms with Gasteiger partial charge in [0, 0.05) is 0 Å². The predicted molar refractivity (Wildman–Crippen MR) is 211 cm³/mol. The minimum Gasteiger partial charge on any atom is -0.393 e. The molecule has 0 aliphatic heterocycles. The Balaban J connectivity index is 0.000000232. The van der Waals surface area contributed by atoms with E-state index in [4.69, 9.17) is 0 Å². The SMILES string of the molecule is CC(C)CCC[C@@H](C)[C@H]1CC[C@H]2[C@@H]3CC=C4C[C@@H](O)CC[C@]4(C)[C@H]3CC[C@]12C.CC1=C(/C=C/C(C)=C/C=C/C(C)=C/C=O)C(C)(C)CCC1. The van der Waals surface area contributed by atoms with Crippen LogP contribution in [-0.2, 0) is 4.79 Å². The molecule has 0 aromatic rings. The van der Waals surface area contributed by atoms with Gasteiger partial charge in [-0.05, 0) is 160 Å². The average Bonchev–Trinajstić information content (AvgIpc) is 3.38. The lowest BCUT2D eigenvalue weighted by Gasteiger charge is -2.58. The second-order valence-electron chi connectivity index (χ2n) is 18.8. The summed E-state index contributed by atoms with van der Waals surface area (Å²) in [6.07, 6.45) is 33.8. The van der Waals surface area contributed by atoms with Gasteiger partial charge in [0.05, 0.1) is 6.10 Å². The molecule has 3 saturated carbocycles. The van der Waals surface area contributed by atoms with Crippen molar-refractivity contribution in [2.24, 2.45) is 51.8 Å². The molecule has 5 aliphatic carbocycles. The van der Waals surface area contributed by atoms with E-state index in [0.717, 1.165) is 60.2 Å². The Morgan fingerprint density at radius 2 is 1.65 bits per heavy atom. The Labute approximate surface area is 302 Å². The third-order valence-electron chi connectivity index (χ3n) is 14.4. The Morgan fingerprint density at radius 3 is 2.35 bits per heavy atom. The average molecular weight is 671 g/mol. The molecular formula is C47H74O2. The van der Waals surface area contributed by atoms with Crippen molar-refractivity contribution in [1.82, 2.24) is 0 Å². The lowest BCUT2D eigenvalue weighted by Crippen LogP contribution is -2.50. The van der Waals surface area contributed by atoms with Crippen molar-refractivity contribution in [3.05, 3.63) is 70.4 Å². The van der Waals surface area contributed by atoms with Gasteiger partial charge in [-0.3, -0.25) is 4.79 Å². The zero-order valence-electron chi connectivity index (χ0n) is 33.4. The van der Waals surface area contributed by atoms with Crippen molar-refractivity contribution in [1.29, 1.82) is 0 Å². The van der Waals surface area contributed by atoms with Crippen LogP contribution in [0.2, 0.25) is 0 Å². The minimum absolute atomic E-state index is 0.0766. The fourth-order valence-electron chi connectivity index (χ4n) is 11.5. The largest absolute Gasteiger partial charge is 0.393 e. The predicted octanol–water partition coefficient (Wildman–Crippen LogP) is 13.1. The number of carbonyl (C=O) groups is 1. The molecule has 49 heavy (non-hydrogen) atoms. The van der Waals surface area contributed by atoms with Crippen LogP contribution >= 0.6 is 0 Å². The Bertz CT molecular complexity index is 1320. The zero-order chi connectivity index (χ0) is 36.0. The van der Waals surface area contributed by atoms with Crippen LogP contribution in [0.4, 0.5) is 0 Å². The highest BCUT2D eigenvalue weighted by Gasteiger charge is 2.59. The number of fused-ring (bicyclic) bond motifs is 5. The summed E-state index contributed by atoms with van der Waals surface area (Å²) in [4.78, 5) is 10.3. The van der Waals surface area contributed by atoms with Gasteiger partial charge in [0.1, 0.15) is 6.29 Å². The minimum atomic E-state index is -0.0766. The summed E-state index contributed by atoms with van der Waals surface area (Å²) in [5.74, 6) is 5.46. The molecule has 2 nitrogen and oxygen atoms in total. The molecule has 5 aliphatic rings. The summed E-state index contributed by atoms with van der Waals surface area (Å²) in [6, 6.07) is 0. The first-order valence-electron chi connectivity index (χ1n) is 20.3. The number of aldehydes is 1. The maximum absolute atomic E-state index is 10.3. The summed E-state index contributed by atoms with van der Waals surface area (Å²) in [7, 11) is 0. The fourth-order valence-corrected chi connectivity index (χ4v) is 11.5. The number of hydrogen-bond donors (Lipinski definition) is 1.